The van der Waals surface area contributed by atoms with Crippen molar-refractivity contribution in [3.63, 3.8) is 0 Å². The van der Waals surface area contributed by atoms with Crippen LogP contribution in [-0.4, -0.2) is 5.11 Å². The van der Waals surface area contributed by atoms with Gasteiger partial charge >= 0.3 is 0 Å². The van der Waals surface area contributed by atoms with Crippen LogP contribution in [0.4, 0.5) is 5.69 Å². The molecule has 0 fully saturated rings. The third-order valence-electron chi connectivity index (χ3n) is 1.08. The van der Waals surface area contributed by atoms with Crippen LogP contribution in [0.1, 0.15) is 5.56 Å². The smallest absolute Gasteiger partial charge is 0.0682 e. The Balaban J connectivity index is 2.88. The van der Waals surface area contributed by atoms with Crippen molar-refractivity contribution in [2.75, 3.05) is 5.73 Å². The molecule has 0 saturated heterocycles. The summed E-state index contributed by atoms with van der Waals surface area (Å²) in [4.78, 5) is 0. The molecular formula is C7H8NO. The van der Waals surface area contributed by atoms with Crippen LogP contribution < -0.4 is 5.73 Å². The van der Waals surface area contributed by atoms with E-state index in [9.17, 15) is 0 Å². The fourth-order valence-corrected chi connectivity index (χ4v) is 0.567. The number of hydrogen-bond acceptors (Lipinski definition) is 2. The molecule has 1 rings (SSSR count). The fourth-order valence-electron chi connectivity index (χ4n) is 0.567. The van der Waals surface area contributed by atoms with Gasteiger partial charge in [0, 0.05) is 11.8 Å². The Kier molecular flexibility index (Phi) is 1.70. The molecule has 0 bridgehead atoms. The molecule has 2 heteroatoms. The minimum absolute atomic E-state index is 0.0524. The number of benzene rings is 1. The fraction of sp³-hybridized carbons (Fsp3) is 0.143. The lowest BCUT2D eigenvalue weighted by atomic mass is 10.2. The molecule has 0 unspecified atom stereocenters. The van der Waals surface area contributed by atoms with Crippen LogP contribution in [0.2, 0.25) is 0 Å². The first-order chi connectivity index (χ1) is 4.33. The third-order valence-corrected chi connectivity index (χ3v) is 1.08. The summed E-state index contributed by atoms with van der Waals surface area (Å²) in [5.74, 6) is 0. The van der Waals surface area contributed by atoms with E-state index in [0.29, 0.717) is 5.69 Å². The van der Waals surface area contributed by atoms with E-state index in [1.54, 1.807) is 18.2 Å². The molecule has 0 spiro atoms. The molecule has 1 radical (unpaired) electrons. The monoisotopic (exact) mass is 122 g/mol. The normalized spacial score (nSPS) is 9.44. The SMILES string of the molecule is Nc1[c]cc(CO)cc1. The number of nitrogens with two attached hydrogens (primary N) is 1. The van der Waals surface area contributed by atoms with E-state index in [-0.39, 0.29) is 6.61 Å². The number of aliphatic hydroxyl groups is 1. The summed E-state index contributed by atoms with van der Waals surface area (Å²) in [7, 11) is 0. The van der Waals surface area contributed by atoms with Gasteiger partial charge in [-0.25, -0.2) is 0 Å². The van der Waals surface area contributed by atoms with Gasteiger partial charge in [0.15, 0.2) is 0 Å². The van der Waals surface area contributed by atoms with Gasteiger partial charge in [-0.15, -0.1) is 0 Å². The highest BCUT2D eigenvalue weighted by Gasteiger charge is 1.86. The largest absolute Gasteiger partial charge is 0.398 e. The van der Waals surface area contributed by atoms with Gasteiger partial charge in [-0.1, -0.05) is 6.07 Å². The molecule has 0 saturated carbocycles. The molecule has 0 aliphatic rings. The van der Waals surface area contributed by atoms with Gasteiger partial charge in [0.2, 0.25) is 0 Å². The minimum atomic E-state index is 0.0524. The van der Waals surface area contributed by atoms with Crippen molar-refractivity contribution >= 4 is 5.69 Å². The molecule has 0 heterocycles. The van der Waals surface area contributed by atoms with E-state index in [1.165, 1.54) is 0 Å². The van der Waals surface area contributed by atoms with Gasteiger partial charge in [0.1, 0.15) is 0 Å². The Bertz CT molecular complexity index is 181. The minimum Gasteiger partial charge on any atom is -0.398 e. The van der Waals surface area contributed by atoms with Crippen molar-refractivity contribution in [3.8, 4) is 0 Å². The Hall–Kier alpha value is -1.02. The first kappa shape index (κ1) is 6.11. The molecular weight excluding hydrogens is 114 g/mol. The number of anilines is 1. The van der Waals surface area contributed by atoms with Crippen molar-refractivity contribution in [2.24, 2.45) is 0 Å². The first-order valence-electron chi connectivity index (χ1n) is 2.70. The van der Waals surface area contributed by atoms with Gasteiger partial charge in [-0.05, 0) is 17.7 Å². The van der Waals surface area contributed by atoms with Gasteiger partial charge < -0.3 is 10.8 Å². The molecule has 9 heavy (non-hydrogen) atoms. The van der Waals surface area contributed by atoms with Gasteiger partial charge in [-0.3, -0.25) is 0 Å². The van der Waals surface area contributed by atoms with Crippen LogP contribution in [0.3, 0.4) is 0 Å². The molecule has 0 aliphatic heterocycles. The molecule has 0 aromatic heterocycles. The van der Waals surface area contributed by atoms with Crippen LogP contribution in [-0.2, 0) is 6.61 Å². The zero-order valence-electron chi connectivity index (χ0n) is 4.96. The van der Waals surface area contributed by atoms with Crippen LogP contribution >= 0.6 is 0 Å². The molecule has 1 aromatic carbocycles. The van der Waals surface area contributed by atoms with Crippen molar-refractivity contribution < 1.29 is 5.11 Å². The van der Waals surface area contributed by atoms with E-state index >= 15 is 0 Å². The van der Waals surface area contributed by atoms with E-state index in [0.717, 1.165) is 5.56 Å². The lowest BCUT2D eigenvalue weighted by molar-refractivity contribution is 0.282. The lowest BCUT2D eigenvalue weighted by Crippen LogP contribution is -1.86. The van der Waals surface area contributed by atoms with E-state index in [1.807, 2.05) is 0 Å². The molecule has 2 nitrogen and oxygen atoms in total. The third kappa shape index (κ3) is 1.44. The second-order valence-corrected chi connectivity index (χ2v) is 1.81. The first-order valence-corrected chi connectivity index (χ1v) is 2.70. The summed E-state index contributed by atoms with van der Waals surface area (Å²) in [6.07, 6.45) is 0. The molecule has 47 valence electrons. The molecule has 0 atom stereocenters. The standard InChI is InChI=1S/C7H8NO/c8-7-3-1-6(5-9)2-4-7/h1-3,9H,5,8H2. The highest BCUT2D eigenvalue weighted by Crippen LogP contribution is 2.03. The summed E-state index contributed by atoms with van der Waals surface area (Å²) in [5.41, 5.74) is 6.79. The maximum absolute atomic E-state index is 8.57. The highest BCUT2D eigenvalue weighted by molar-refractivity contribution is 5.37. The van der Waals surface area contributed by atoms with E-state index in [2.05, 4.69) is 6.07 Å². The van der Waals surface area contributed by atoms with Crippen LogP contribution in [0.25, 0.3) is 0 Å². The molecule has 0 amide bonds. The Morgan fingerprint density at radius 1 is 1.56 bits per heavy atom. The summed E-state index contributed by atoms with van der Waals surface area (Å²) < 4.78 is 0. The molecule has 3 N–H and O–H groups in total. The summed E-state index contributed by atoms with van der Waals surface area (Å²) >= 11 is 0. The number of aliphatic hydroxyl groups excluding tert-OH is 1. The van der Waals surface area contributed by atoms with Crippen LogP contribution in [0, 0.1) is 6.07 Å². The van der Waals surface area contributed by atoms with Gasteiger partial charge in [0.05, 0.1) is 6.61 Å². The number of nitrogen functional groups attached to an aromatic ring is 1. The topological polar surface area (TPSA) is 46.2 Å². The second kappa shape index (κ2) is 2.51. The average molecular weight is 122 g/mol. The predicted octanol–water partition coefficient (Wildman–Crippen LogP) is 0.561. The average Bonchev–Trinajstić information content (AvgIpc) is 1.90. The zero-order chi connectivity index (χ0) is 6.69. The maximum atomic E-state index is 8.57. The Labute approximate surface area is 53.9 Å². The van der Waals surface area contributed by atoms with Crippen molar-refractivity contribution in [1.29, 1.82) is 0 Å². The van der Waals surface area contributed by atoms with Crippen LogP contribution in [0.5, 0.6) is 0 Å². The van der Waals surface area contributed by atoms with Crippen molar-refractivity contribution in [1.82, 2.24) is 0 Å². The molecule has 1 aromatic rings. The predicted molar refractivity (Wildman–Crippen MR) is 35.6 cm³/mol. The number of rotatable bonds is 1. The van der Waals surface area contributed by atoms with E-state index < -0.39 is 0 Å². The zero-order valence-corrected chi connectivity index (χ0v) is 4.96. The summed E-state index contributed by atoms with van der Waals surface area (Å²) in [6.45, 7) is 0.0524. The van der Waals surface area contributed by atoms with Crippen molar-refractivity contribution in [2.45, 2.75) is 6.61 Å². The summed E-state index contributed by atoms with van der Waals surface area (Å²) in [5, 5.41) is 8.57. The molecule has 0 aliphatic carbocycles. The quantitative estimate of drug-likeness (QED) is 0.534. The van der Waals surface area contributed by atoms with Gasteiger partial charge in [0.25, 0.3) is 0 Å². The van der Waals surface area contributed by atoms with Crippen molar-refractivity contribution in [3.05, 3.63) is 29.8 Å². The number of hydrogen-bond donors (Lipinski definition) is 2. The summed E-state index contributed by atoms with van der Waals surface area (Å²) in [6, 6.07) is 7.93. The van der Waals surface area contributed by atoms with Gasteiger partial charge in [-0.2, -0.15) is 0 Å². The van der Waals surface area contributed by atoms with Crippen LogP contribution in [0.15, 0.2) is 18.2 Å². The Morgan fingerprint density at radius 2 is 2.33 bits per heavy atom. The lowest BCUT2D eigenvalue weighted by Gasteiger charge is -1.93. The maximum Gasteiger partial charge on any atom is 0.0682 e. The van der Waals surface area contributed by atoms with E-state index in [4.69, 9.17) is 10.8 Å². The Morgan fingerprint density at radius 3 is 2.78 bits per heavy atom. The second-order valence-electron chi connectivity index (χ2n) is 1.81. The highest BCUT2D eigenvalue weighted by atomic mass is 16.3.